The molecule has 0 unspecified atom stereocenters. The van der Waals surface area contributed by atoms with E-state index < -0.39 is 16.3 Å². The van der Waals surface area contributed by atoms with Gasteiger partial charge in [0.05, 0.1) is 11.5 Å². The number of carbonyl (C=O) groups is 1. The molecule has 0 heterocycles. The third-order valence-electron chi connectivity index (χ3n) is 3.06. The first-order valence-electron chi connectivity index (χ1n) is 6.89. The van der Waals surface area contributed by atoms with E-state index in [4.69, 9.17) is 9.47 Å². The van der Waals surface area contributed by atoms with E-state index in [9.17, 15) is 17.8 Å². The van der Waals surface area contributed by atoms with Crippen LogP contribution >= 0.6 is 0 Å². The van der Waals surface area contributed by atoms with Crippen LogP contribution in [0.3, 0.4) is 0 Å². The van der Waals surface area contributed by atoms with Gasteiger partial charge >= 0.3 is 6.16 Å². The molecular weight excluding hydrogens is 320 g/mol. The average molecular weight is 336 g/mol. The van der Waals surface area contributed by atoms with Crippen molar-refractivity contribution in [1.29, 1.82) is 0 Å². The molecule has 1 N–H and O–H groups in total. The molecule has 2 rings (SSSR count). The van der Waals surface area contributed by atoms with Gasteiger partial charge in [0.1, 0.15) is 5.75 Å². The molecule has 0 bridgehead atoms. The highest BCUT2D eigenvalue weighted by molar-refractivity contribution is 7.85. The van der Waals surface area contributed by atoms with E-state index in [1.807, 2.05) is 0 Å². The maximum atomic E-state index is 11.5. The Bertz CT molecular complexity index is 798. The van der Waals surface area contributed by atoms with Crippen LogP contribution in [0.1, 0.15) is 18.1 Å². The number of para-hydroxylation sites is 1. The van der Waals surface area contributed by atoms with Crippen molar-refractivity contribution in [3.63, 3.8) is 0 Å². The van der Waals surface area contributed by atoms with Gasteiger partial charge in [0.15, 0.2) is 0 Å². The van der Waals surface area contributed by atoms with Gasteiger partial charge in [-0.15, -0.1) is 0 Å². The van der Waals surface area contributed by atoms with Crippen molar-refractivity contribution in [1.82, 2.24) is 0 Å². The van der Waals surface area contributed by atoms with Gasteiger partial charge < -0.3 is 9.47 Å². The Morgan fingerprint density at radius 3 is 2.30 bits per heavy atom. The Labute approximate surface area is 134 Å². The zero-order valence-corrected chi connectivity index (χ0v) is 13.2. The SMILES string of the molecule is CCOC(=O)Oc1ccccc1Cc1ccccc1S(=O)(=O)O. The van der Waals surface area contributed by atoms with Crippen molar-refractivity contribution in [2.45, 2.75) is 18.2 Å². The molecule has 2 aromatic carbocycles. The molecule has 0 saturated heterocycles. The van der Waals surface area contributed by atoms with Crippen LogP contribution in [0.25, 0.3) is 0 Å². The van der Waals surface area contributed by atoms with Crippen LogP contribution in [0.15, 0.2) is 53.4 Å². The number of carbonyl (C=O) groups excluding carboxylic acids is 1. The van der Waals surface area contributed by atoms with Gasteiger partial charge in [0.25, 0.3) is 10.1 Å². The van der Waals surface area contributed by atoms with Crippen molar-refractivity contribution >= 4 is 16.3 Å². The zero-order valence-electron chi connectivity index (χ0n) is 12.4. The smallest absolute Gasteiger partial charge is 0.434 e. The van der Waals surface area contributed by atoms with Gasteiger partial charge in [-0.25, -0.2) is 4.79 Å². The van der Waals surface area contributed by atoms with Crippen LogP contribution < -0.4 is 4.74 Å². The van der Waals surface area contributed by atoms with Crippen LogP contribution in [-0.2, 0) is 21.3 Å². The van der Waals surface area contributed by atoms with E-state index in [-0.39, 0.29) is 23.7 Å². The van der Waals surface area contributed by atoms with Gasteiger partial charge in [-0.2, -0.15) is 8.42 Å². The summed E-state index contributed by atoms with van der Waals surface area (Å²) in [6, 6.07) is 12.8. The predicted octanol–water partition coefficient (Wildman–Crippen LogP) is 3.06. The molecule has 0 aliphatic rings. The lowest BCUT2D eigenvalue weighted by atomic mass is 10.0. The summed E-state index contributed by atoms with van der Waals surface area (Å²) in [5.74, 6) is 0.274. The minimum atomic E-state index is -4.33. The minimum absolute atomic E-state index is 0.172. The lowest BCUT2D eigenvalue weighted by Gasteiger charge is -2.11. The lowest BCUT2D eigenvalue weighted by molar-refractivity contribution is 0.104. The highest BCUT2D eigenvalue weighted by Gasteiger charge is 2.17. The molecule has 0 spiro atoms. The standard InChI is InChI=1S/C16H16O6S/c1-2-21-16(17)22-14-9-5-3-7-12(14)11-13-8-4-6-10-15(13)23(18,19)20/h3-10H,2,11H2,1H3,(H,18,19,20). The summed E-state index contributed by atoms with van der Waals surface area (Å²) in [7, 11) is -4.33. The van der Waals surface area contributed by atoms with Crippen molar-refractivity contribution in [3.8, 4) is 5.75 Å². The molecule has 0 atom stereocenters. The fourth-order valence-electron chi connectivity index (χ4n) is 2.09. The largest absolute Gasteiger partial charge is 0.513 e. The Hall–Kier alpha value is -2.38. The summed E-state index contributed by atoms with van der Waals surface area (Å²) < 4.78 is 42.0. The van der Waals surface area contributed by atoms with E-state index in [0.717, 1.165) is 0 Å². The second-order valence-electron chi connectivity index (χ2n) is 4.65. The minimum Gasteiger partial charge on any atom is -0.434 e. The molecule has 2 aromatic rings. The van der Waals surface area contributed by atoms with Crippen molar-refractivity contribution in [3.05, 3.63) is 59.7 Å². The molecule has 0 aromatic heterocycles. The number of hydrogen-bond acceptors (Lipinski definition) is 5. The highest BCUT2D eigenvalue weighted by Crippen LogP contribution is 2.25. The predicted molar refractivity (Wildman–Crippen MR) is 83.2 cm³/mol. The summed E-state index contributed by atoms with van der Waals surface area (Å²) in [5, 5.41) is 0. The van der Waals surface area contributed by atoms with Crippen LogP contribution in [0.5, 0.6) is 5.75 Å². The van der Waals surface area contributed by atoms with Crippen LogP contribution in [0.2, 0.25) is 0 Å². The lowest BCUT2D eigenvalue weighted by Crippen LogP contribution is -2.11. The van der Waals surface area contributed by atoms with E-state index in [1.165, 1.54) is 12.1 Å². The monoisotopic (exact) mass is 336 g/mol. The fourth-order valence-corrected chi connectivity index (χ4v) is 2.82. The van der Waals surface area contributed by atoms with Gasteiger partial charge in [-0.1, -0.05) is 36.4 Å². The molecule has 0 aliphatic heterocycles. The first-order valence-corrected chi connectivity index (χ1v) is 8.33. The topological polar surface area (TPSA) is 89.9 Å². The van der Waals surface area contributed by atoms with Gasteiger partial charge in [0, 0.05) is 6.42 Å². The van der Waals surface area contributed by atoms with E-state index in [2.05, 4.69) is 0 Å². The second-order valence-corrected chi connectivity index (χ2v) is 6.04. The van der Waals surface area contributed by atoms with E-state index >= 15 is 0 Å². The molecule has 6 nitrogen and oxygen atoms in total. The van der Waals surface area contributed by atoms with Gasteiger partial charge in [-0.3, -0.25) is 4.55 Å². The van der Waals surface area contributed by atoms with Crippen LogP contribution in [0.4, 0.5) is 4.79 Å². The normalized spacial score (nSPS) is 11.0. The van der Waals surface area contributed by atoms with E-state index in [0.29, 0.717) is 11.1 Å². The number of rotatable bonds is 5. The molecule has 0 saturated carbocycles. The summed E-state index contributed by atoms with van der Waals surface area (Å²) in [5.41, 5.74) is 0.992. The maximum absolute atomic E-state index is 11.5. The Morgan fingerprint density at radius 2 is 1.65 bits per heavy atom. The summed E-state index contributed by atoms with van der Waals surface area (Å²) in [4.78, 5) is 11.3. The Morgan fingerprint density at radius 1 is 1.04 bits per heavy atom. The maximum Gasteiger partial charge on any atom is 0.513 e. The Kier molecular flexibility index (Phi) is 5.36. The fraction of sp³-hybridized carbons (Fsp3) is 0.188. The average Bonchev–Trinajstić information content (AvgIpc) is 2.49. The van der Waals surface area contributed by atoms with Gasteiger partial charge in [0.2, 0.25) is 0 Å². The Balaban J connectivity index is 2.33. The van der Waals surface area contributed by atoms with Gasteiger partial charge in [-0.05, 0) is 30.2 Å². The van der Waals surface area contributed by atoms with Crippen molar-refractivity contribution in [2.24, 2.45) is 0 Å². The van der Waals surface area contributed by atoms with Crippen molar-refractivity contribution < 1.29 is 27.2 Å². The van der Waals surface area contributed by atoms with E-state index in [1.54, 1.807) is 43.3 Å². The zero-order chi connectivity index (χ0) is 16.9. The molecule has 23 heavy (non-hydrogen) atoms. The number of benzene rings is 2. The molecule has 0 radical (unpaired) electrons. The first kappa shape index (κ1) is 17.0. The summed E-state index contributed by atoms with van der Waals surface area (Å²) in [6.07, 6.45) is -0.658. The number of ether oxygens (including phenoxy) is 2. The molecule has 0 fully saturated rings. The molecule has 122 valence electrons. The third kappa shape index (κ3) is 4.54. The first-order chi connectivity index (χ1) is 10.9. The third-order valence-corrected chi connectivity index (χ3v) is 4.01. The van der Waals surface area contributed by atoms with Crippen LogP contribution in [-0.4, -0.2) is 25.7 Å². The quantitative estimate of drug-likeness (QED) is 0.513. The van der Waals surface area contributed by atoms with Crippen molar-refractivity contribution in [2.75, 3.05) is 6.61 Å². The second kappa shape index (κ2) is 7.26. The summed E-state index contributed by atoms with van der Waals surface area (Å²) >= 11 is 0. The molecule has 0 aliphatic carbocycles. The molecule has 7 heteroatoms. The van der Waals surface area contributed by atoms with Crippen LogP contribution in [0, 0.1) is 0 Å². The molecular formula is C16H16O6S. The number of hydrogen-bond donors (Lipinski definition) is 1. The molecule has 0 amide bonds. The highest BCUT2D eigenvalue weighted by atomic mass is 32.2. The summed E-state index contributed by atoms with van der Waals surface area (Å²) in [6.45, 7) is 1.85.